The minimum absolute atomic E-state index is 0.185. The van der Waals surface area contributed by atoms with Gasteiger partial charge in [0.15, 0.2) is 0 Å². The fourth-order valence-electron chi connectivity index (χ4n) is 3.88. The topological polar surface area (TPSA) is 61.4 Å². The zero-order valence-electron chi connectivity index (χ0n) is 14.5. The first kappa shape index (κ1) is 15.6. The van der Waals surface area contributed by atoms with Crippen molar-refractivity contribution in [1.82, 2.24) is 5.32 Å². The maximum absolute atomic E-state index is 13.5. The number of anilines is 2. The summed E-state index contributed by atoms with van der Waals surface area (Å²) in [6.07, 6.45) is 0. The smallest absolute Gasteiger partial charge is 0.278 e. The molecule has 0 bridgehead atoms. The summed E-state index contributed by atoms with van der Waals surface area (Å²) in [7, 11) is 0. The van der Waals surface area contributed by atoms with Gasteiger partial charge in [-0.2, -0.15) is 0 Å². The first-order valence-corrected chi connectivity index (χ1v) is 8.84. The average molecular weight is 355 g/mol. The summed E-state index contributed by atoms with van der Waals surface area (Å²) < 4.78 is 0. The van der Waals surface area contributed by atoms with Crippen LogP contribution in [0.5, 0.6) is 0 Å². The van der Waals surface area contributed by atoms with Gasteiger partial charge in [-0.25, -0.2) is 0 Å². The van der Waals surface area contributed by atoms with E-state index in [9.17, 15) is 9.59 Å². The third-order valence-corrected chi connectivity index (χ3v) is 5.14. The van der Waals surface area contributed by atoms with Gasteiger partial charge in [0.2, 0.25) is 5.66 Å². The van der Waals surface area contributed by atoms with E-state index in [0.717, 1.165) is 16.8 Å². The molecule has 27 heavy (non-hydrogen) atoms. The van der Waals surface area contributed by atoms with Gasteiger partial charge >= 0.3 is 0 Å². The molecule has 0 aromatic heterocycles. The molecule has 0 saturated heterocycles. The van der Waals surface area contributed by atoms with Gasteiger partial charge in [-0.05, 0) is 23.8 Å². The molecule has 5 heteroatoms. The monoisotopic (exact) mass is 355 g/mol. The third kappa shape index (κ3) is 2.25. The van der Waals surface area contributed by atoms with Gasteiger partial charge in [0.05, 0.1) is 17.8 Å². The molecule has 0 fully saturated rings. The number of fused-ring (bicyclic) bond motifs is 3. The van der Waals surface area contributed by atoms with E-state index in [1.807, 2.05) is 72.8 Å². The van der Waals surface area contributed by atoms with Gasteiger partial charge < -0.3 is 15.5 Å². The van der Waals surface area contributed by atoms with Crippen LogP contribution in [-0.2, 0) is 17.0 Å². The molecule has 5 rings (SSSR count). The molecule has 5 nitrogen and oxygen atoms in total. The lowest BCUT2D eigenvalue weighted by Crippen LogP contribution is -2.60. The van der Waals surface area contributed by atoms with Crippen molar-refractivity contribution in [3.05, 3.63) is 95.6 Å². The van der Waals surface area contributed by atoms with E-state index in [0.29, 0.717) is 17.8 Å². The molecule has 2 aliphatic rings. The van der Waals surface area contributed by atoms with Crippen molar-refractivity contribution in [2.45, 2.75) is 12.2 Å². The molecule has 1 unspecified atom stereocenters. The Hall–Kier alpha value is -3.60. The second-order valence-corrected chi connectivity index (χ2v) is 6.77. The second-order valence-electron chi connectivity index (χ2n) is 6.77. The highest BCUT2D eigenvalue weighted by molar-refractivity contribution is 6.15. The second kappa shape index (κ2) is 5.71. The number of hydrogen-bond donors (Lipinski definition) is 2. The molecule has 1 spiro atoms. The quantitative estimate of drug-likeness (QED) is 0.742. The number of rotatable bonds is 2. The summed E-state index contributed by atoms with van der Waals surface area (Å²) in [5, 5.41) is 6.23. The molecule has 0 radical (unpaired) electrons. The van der Waals surface area contributed by atoms with E-state index < -0.39 is 5.66 Å². The average Bonchev–Trinajstić information content (AvgIpc) is 2.92. The zero-order valence-corrected chi connectivity index (χ0v) is 14.5. The van der Waals surface area contributed by atoms with Gasteiger partial charge in [-0.3, -0.25) is 9.59 Å². The van der Waals surface area contributed by atoms with Crippen LogP contribution in [0.2, 0.25) is 0 Å². The number of para-hydroxylation sites is 2. The number of amides is 2. The fraction of sp³-hybridized carbons (Fsp3) is 0.0909. The molecule has 0 saturated carbocycles. The number of hydrogen-bond acceptors (Lipinski definition) is 3. The van der Waals surface area contributed by atoms with Gasteiger partial charge in [-0.1, -0.05) is 60.7 Å². The van der Waals surface area contributed by atoms with Crippen molar-refractivity contribution in [3.63, 3.8) is 0 Å². The summed E-state index contributed by atoms with van der Waals surface area (Å²) in [4.78, 5) is 28.0. The van der Waals surface area contributed by atoms with Crippen molar-refractivity contribution in [3.8, 4) is 0 Å². The molecule has 2 amide bonds. The summed E-state index contributed by atoms with van der Waals surface area (Å²) in [5.41, 5.74) is 2.50. The van der Waals surface area contributed by atoms with Gasteiger partial charge in [0.1, 0.15) is 0 Å². The van der Waals surface area contributed by atoms with E-state index >= 15 is 0 Å². The van der Waals surface area contributed by atoms with Crippen LogP contribution in [0.1, 0.15) is 21.5 Å². The van der Waals surface area contributed by atoms with Crippen molar-refractivity contribution < 1.29 is 9.59 Å². The SMILES string of the molecule is O=C1NC2(Nc3ccccc31)C(=O)N(Cc1ccccc1)c1ccccc12. The number of carbonyl (C=O) groups is 2. The lowest BCUT2D eigenvalue weighted by Gasteiger charge is -2.36. The Morgan fingerprint density at radius 2 is 1.48 bits per heavy atom. The highest BCUT2D eigenvalue weighted by Gasteiger charge is 2.54. The molecular weight excluding hydrogens is 338 g/mol. The maximum atomic E-state index is 13.5. The Labute approximate surface area is 156 Å². The number of carbonyl (C=O) groups excluding carboxylic acids is 2. The van der Waals surface area contributed by atoms with Crippen LogP contribution in [-0.4, -0.2) is 11.8 Å². The standard InChI is InChI=1S/C22H17N3O2/c26-20-16-10-4-6-12-18(16)23-22(24-20)17-11-5-7-13-19(17)25(21(22)27)14-15-8-2-1-3-9-15/h1-13,23H,14H2,(H,24,26). The first-order chi connectivity index (χ1) is 13.2. The summed E-state index contributed by atoms with van der Waals surface area (Å²) in [6.45, 7) is 0.442. The maximum Gasteiger partial charge on any atom is 0.278 e. The number of nitrogens with zero attached hydrogens (tertiary/aromatic N) is 1. The van der Waals surface area contributed by atoms with Crippen molar-refractivity contribution in [1.29, 1.82) is 0 Å². The predicted molar refractivity (Wildman–Crippen MR) is 103 cm³/mol. The van der Waals surface area contributed by atoms with Crippen LogP contribution in [0.3, 0.4) is 0 Å². The minimum Gasteiger partial charge on any atom is -0.350 e. The van der Waals surface area contributed by atoms with Crippen LogP contribution >= 0.6 is 0 Å². The van der Waals surface area contributed by atoms with Crippen molar-refractivity contribution >= 4 is 23.2 Å². The molecule has 2 heterocycles. The van der Waals surface area contributed by atoms with Gasteiger partial charge in [-0.15, -0.1) is 0 Å². The van der Waals surface area contributed by atoms with Crippen LogP contribution in [0.25, 0.3) is 0 Å². The van der Waals surface area contributed by atoms with Crippen LogP contribution < -0.4 is 15.5 Å². The summed E-state index contributed by atoms with van der Waals surface area (Å²) >= 11 is 0. The molecule has 0 aliphatic carbocycles. The van der Waals surface area contributed by atoms with Crippen LogP contribution in [0.15, 0.2) is 78.9 Å². The normalized spacial score (nSPS) is 20.1. The van der Waals surface area contributed by atoms with Crippen LogP contribution in [0.4, 0.5) is 11.4 Å². The third-order valence-electron chi connectivity index (χ3n) is 5.14. The number of nitrogens with one attached hydrogen (secondary N) is 2. The Morgan fingerprint density at radius 3 is 2.33 bits per heavy atom. The first-order valence-electron chi connectivity index (χ1n) is 8.84. The molecule has 132 valence electrons. The van der Waals surface area contributed by atoms with Crippen molar-refractivity contribution in [2.75, 3.05) is 10.2 Å². The van der Waals surface area contributed by atoms with Gasteiger partial charge in [0.25, 0.3) is 11.8 Å². The van der Waals surface area contributed by atoms with Crippen molar-refractivity contribution in [2.24, 2.45) is 0 Å². The minimum atomic E-state index is -1.28. The Morgan fingerprint density at radius 1 is 0.778 bits per heavy atom. The van der Waals surface area contributed by atoms with E-state index in [-0.39, 0.29) is 11.8 Å². The Kier molecular flexibility index (Phi) is 3.31. The van der Waals surface area contributed by atoms with E-state index in [2.05, 4.69) is 10.6 Å². The lowest BCUT2D eigenvalue weighted by molar-refractivity contribution is -0.123. The van der Waals surface area contributed by atoms with E-state index in [4.69, 9.17) is 0 Å². The Bertz CT molecular complexity index is 1060. The largest absolute Gasteiger partial charge is 0.350 e. The lowest BCUT2D eigenvalue weighted by atomic mass is 9.96. The molecule has 1 atom stereocenters. The highest BCUT2D eigenvalue weighted by atomic mass is 16.2. The molecule has 2 aliphatic heterocycles. The predicted octanol–water partition coefficient (Wildman–Crippen LogP) is 3.24. The highest BCUT2D eigenvalue weighted by Crippen LogP contribution is 2.43. The molecular formula is C22H17N3O2. The summed E-state index contributed by atoms with van der Waals surface area (Å²) in [6, 6.07) is 24.7. The fourth-order valence-corrected chi connectivity index (χ4v) is 3.88. The molecule has 2 N–H and O–H groups in total. The summed E-state index contributed by atoms with van der Waals surface area (Å²) in [5.74, 6) is -0.440. The van der Waals surface area contributed by atoms with E-state index in [1.54, 1.807) is 11.0 Å². The van der Waals surface area contributed by atoms with E-state index in [1.165, 1.54) is 0 Å². The number of benzene rings is 3. The molecule has 3 aromatic rings. The zero-order chi connectivity index (χ0) is 18.4. The van der Waals surface area contributed by atoms with Gasteiger partial charge in [0, 0.05) is 11.3 Å². The van der Waals surface area contributed by atoms with Crippen LogP contribution in [0, 0.1) is 0 Å². The Balaban J connectivity index is 1.62. The molecule has 3 aromatic carbocycles.